The Labute approximate surface area is 95.6 Å². The summed E-state index contributed by atoms with van der Waals surface area (Å²) in [6.45, 7) is -0.0382. The highest BCUT2D eigenvalue weighted by Gasteiger charge is 2.16. The van der Waals surface area contributed by atoms with Gasteiger partial charge >= 0.3 is 0 Å². The number of hydrogen-bond acceptors (Lipinski definition) is 3. The molecule has 78 valence electrons. The van der Waals surface area contributed by atoms with Gasteiger partial charge in [-0.15, -0.1) is 0 Å². The second-order valence-corrected chi connectivity index (χ2v) is 4.17. The fraction of sp³-hybridized carbons (Fsp3) is 0.333. The lowest BCUT2D eigenvalue weighted by Gasteiger charge is -2.14. The van der Waals surface area contributed by atoms with E-state index in [9.17, 15) is 5.11 Å². The molecular weight excluding hydrogens is 269 g/mol. The largest absolute Gasteiger partial charge is 0.506 e. The van der Waals surface area contributed by atoms with E-state index >= 15 is 0 Å². The van der Waals surface area contributed by atoms with Crippen LogP contribution in [-0.2, 0) is 0 Å². The van der Waals surface area contributed by atoms with Crippen LogP contribution in [0.4, 0.5) is 0 Å². The summed E-state index contributed by atoms with van der Waals surface area (Å²) in [5.41, 5.74) is 6.22. The van der Waals surface area contributed by atoms with E-state index in [1.165, 1.54) is 0 Å². The summed E-state index contributed by atoms with van der Waals surface area (Å²) in [7, 11) is 0. The predicted molar refractivity (Wildman–Crippen MR) is 59.4 cm³/mol. The van der Waals surface area contributed by atoms with Crippen molar-refractivity contribution < 1.29 is 10.2 Å². The average Bonchev–Trinajstić information content (AvgIpc) is 2.13. The van der Waals surface area contributed by atoms with Gasteiger partial charge in [0.1, 0.15) is 5.75 Å². The molecule has 0 aliphatic rings. The SMILES string of the molecule is N[C@@H](CCO)c1c(Cl)ccc(Br)c1O. The van der Waals surface area contributed by atoms with Gasteiger partial charge in [0.25, 0.3) is 0 Å². The quantitative estimate of drug-likeness (QED) is 0.795. The molecule has 0 aliphatic heterocycles. The molecule has 0 aromatic heterocycles. The molecule has 0 unspecified atom stereocenters. The third-order valence-electron chi connectivity index (χ3n) is 1.93. The lowest BCUT2D eigenvalue weighted by Crippen LogP contribution is -2.12. The van der Waals surface area contributed by atoms with Crippen LogP contribution in [0.15, 0.2) is 16.6 Å². The van der Waals surface area contributed by atoms with E-state index in [0.717, 1.165) is 0 Å². The highest BCUT2D eigenvalue weighted by atomic mass is 79.9. The molecule has 1 atom stereocenters. The van der Waals surface area contributed by atoms with Crippen LogP contribution in [-0.4, -0.2) is 16.8 Å². The molecule has 4 N–H and O–H groups in total. The molecule has 0 radical (unpaired) electrons. The van der Waals surface area contributed by atoms with Crippen molar-refractivity contribution in [2.24, 2.45) is 5.73 Å². The molecule has 0 saturated heterocycles. The first-order valence-electron chi connectivity index (χ1n) is 4.11. The van der Waals surface area contributed by atoms with Crippen LogP contribution in [0.25, 0.3) is 0 Å². The summed E-state index contributed by atoms with van der Waals surface area (Å²) in [5, 5.41) is 18.8. The molecule has 0 bridgehead atoms. The van der Waals surface area contributed by atoms with E-state index in [1.54, 1.807) is 12.1 Å². The van der Waals surface area contributed by atoms with Gasteiger partial charge in [0.2, 0.25) is 0 Å². The maximum atomic E-state index is 9.68. The monoisotopic (exact) mass is 279 g/mol. The van der Waals surface area contributed by atoms with Crippen LogP contribution in [0.3, 0.4) is 0 Å². The van der Waals surface area contributed by atoms with Gasteiger partial charge in [0, 0.05) is 23.2 Å². The van der Waals surface area contributed by atoms with Crippen molar-refractivity contribution in [3.05, 3.63) is 27.2 Å². The van der Waals surface area contributed by atoms with Gasteiger partial charge < -0.3 is 15.9 Å². The highest BCUT2D eigenvalue weighted by Crippen LogP contribution is 2.37. The molecule has 0 heterocycles. The van der Waals surface area contributed by atoms with Crippen LogP contribution in [0.2, 0.25) is 5.02 Å². The van der Waals surface area contributed by atoms with Crippen LogP contribution >= 0.6 is 27.5 Å². The summed E-state index contributed by atoms with van der Waals surface area (Å²) >= 11 is 9.06. The Balaban J connectivity index is 3.11. The predicted octanol–water partition coefficient (Wildman–Crippen LogP) is 2.19. The number of halogens is 2. The van der Waals surface area contributed by atoms with Gasteiger partial charge in [-0.1, -0.05) is 11.6 Å². The fourth-order valence-corrected chi connectivity index (χ4v) is 1.83. The van der Waals surface area contributed by atoms with Crippen molar-refractivity contribution in [1.29, 1.82) is 0 Å². The minimum atomic E-state index is -0.454. The molecule has 14 heavy (non-hydrogen) atoms. The second kappa shape index (κ2) is 4.98. The van der Waals surface area contributed by atoms with Crippen LogP contribution < -0.4 is 5.73 Å². The summed E-state index contributed by atoms with van der Waals surface area (Å²) < 4.78 is 0.547. The normalized spacial score (nSPS) is 12.9. The smallest absolute Gasteiger partial charge is 0.136 e. The summed E-state index contributed by atoms with van der Waals surface area (Å²) in [6.07, 6.45) is 0.365. The molecule has 0 saturated carbocycles. The number of rotatable bonds is 3. The Morgan fingerprint density at radius 1 is 1.50 bits per heavy atom. The lowest BCUT2D eigenvalue weighted by atomic mass is 10.0. The molecule has 1 rings (SSSR count). The number of phenolic OH excluding ortho intramolecular Hbond substituents is 1. The first kappa shape index (κ1) is 11.8. The lowest BCUT2D eigenvalue weighted by molar-refractivity contribution is 0.275. The van der Waals surface area contributed by atoms with E-state index in [4.69, 9.17) is 22.4 Å². The summed E-state index contributed by atoms with van der Waals surface area (Å²) in [6, 6.07) is 2.84. The Morgan fingerprint density at radius 3 is 2.71 bits per heavy atom. The first-order chi connectivity index (χ1) is 6.57. The number of aliphatic hydroxyl groups is 1. The molecule has 5 heteroatoms. The Bertz CT molecular complexity index is 333. The van der Waals surface area contributed by atoms with Gasteiger partial charge in [0.05, 0.1) is 4.47 Å². The van der Waals surface area contributed by atoms with E-state index in [1.807, 2.05) is 0 Å². The molecule has 0 spiro atoms. The summed E-state index contributed by atoms with van der Waals surface area (Å²) in [4.78, 5) is 0. The van der Waals surface area contributed by atoms with Gasteiger partial charge in [-0.25, -0.2) is 0 Å². The molecule has 3 nitrogen and oxygen atoms in total. The number of aliphatic hydroxyl groups excluding tert-OH is 1. The average molecular weight is 281 g/mol. The zero-order valence-corrected chi connectivity index (χ0v) is 9.72. The van der Waals surface area contributed by atoms with Gasteiger partial charge in [0.15, 0.2) is 0 Å². The molecule has 0 aliphatic carbocycles. The molecule has 1 aromatic carbocycles. The van der Waals surface area contributed by atoms with E-state index in [-0.39, 0.29) is 12.4 Å². The highest BCUT2D eigenvalue weighted by molar-refractivity contribution is 9.10. The fourth-order valence-electron chi connectivity index (χ4n) is 1.19. The van der Waals surface area contributed by atoms with Crippen molar-refractivity contribution in [2.45, 2.75) is 12.5 Å². The maximum Gasteiger partial charge on any atom is 0.136 e. The first-order valence-corrected chi connectivity index (χ1v) is 5.28. The second-order valence-electron chi connectivity index (χ2n) is 2.91. The Kier molecular flexibility index (Phi) is 4.19. The third-order valence-corrected chi connectivity index (χ3v) is 2.90. The number of benzene rings is 1. The van der Waals surface area contributed by atoms with E-state index < -0.39 is 6.04 Å². The number of nitrogens with two attached hydrogens (primary N) is 1. The van der Waals surface area contributed by atoms with Crippen LogP contribution in [0.5, 0.6) is 5.75 Å². The van der Waals surface area contributed by atoms with Crippen molar-refractivity contribution in [1.82, 2.24) is 0 Å². The standard InChI is InChI=1S/C9H11BrClNO2/c10-5-1-2-6(11)8(9(5)14)7(12)3-4-13/h1-2,7,13-14H,3-4,12H2/t7-/m0/s1. The van der Waals surface area contributed by atoms with Gasteiger partial charge in [-0.2, -0.15) is 0 Å². The number of hydrogen-bond donors (Lipinski definition) is 3. The van der Waals surface area contributed by atoms with Crippen molar-refractivity contribution in [2.75, 3.05) is 6.61 Å². The third kappa shape index (κ3) is 2.39. The molecule has 1 aromatic rings. The zero-order chi connectivity index (χ0) is 10.7. The van der Waals surface area contributed by atoms with Crippen LogP contribution in [0, 0.1) is 0 Å². The maximum absolute atomic E-state index is 9.68. The Hall–Kier alpha value is -0.290. The topological polar surface area (TPSA) is 66.5 Å². The van der Waals surface area contributed by atoms with Gasteiger partial charge in [-0.05, 0) is 34.5 Å². The molecular formula is C9H11BrClNO2. The zero-order valence-electron chi connectivity index (χ0n) is 7.37. The van der Waals surface area contributed by atoms with E-state index in [2.05, 4.69) is 15.9 Å². The number of aromatic hydroxyl groups is 1. The Morgan fingerprint density at radius 2 is 2.14 bits per heavy atom. The minimum Gasteiger partial charge on any atom is -0.506 e. The molecule has 0 amide bonds. The van der Waals surface area contributed by atoms with Crippen LogP contribution in [0.1, 0.15) is 18.0 Å². The van der Waals surface area contributed by atoms with Crippen molar-refractivity contribution in [3.63, 3.8) is 0 Å². The number of phenols is 1. The van der Waals surface area contributed by atoms with Crippen molar-refractivity contribution in [3.8, 4) is 5.75 Å². The van der Waals surface area contributed by atoms with Crippen molar-refractivity contribution >= 4 is 27.5 Å². The minimum absolute atomic E-state index is 0.0382. The summed E-state index contributed by atoms with van der Waals surface area (Å²) in [5.74, 6) is 0.0402. The molecule has 0 fully saturated rings. The van der Waals surface area contributed by atoms with Gasteiger partial charge in [-0.3, -0.25) is 0 Å². The van der Waals surface area contributed by atoms with E-state index in [0.29, 0.717) is 21.5 Å².